The summed E-state index contributed by atoms with van der Waals surface area (Å²) in [7, 11) is 0. The lowest BCUT2D eigenvalue weighted by atomic mass is 10.1. The van der Waals surface area contributed by atoms with Crippen molar-refractivity contribution in [2.75, 3.05) is 0 Å². The van der Waals surface area contributed by atoms with Crippen LogP contribution in [0.3, 0.4) is 0 Å². The van der Waals surface area contributed by atoms with Gasteiger partial charge in [0.1, 0.15) is 5.69 Å². The Morgan fingerprint density at radius 1 is 0.960 bits per heavy atom. The van der Waals surface area contributed by atoms with Crippen molar-refractivity contribution in [1.29, 1.82) is 0 Å². The molecule has 0 aliphatic carbocycles. The summed E-state index contributed by atoms with van der Waals surface area (Å²) in [6, 6.07) is 15.9. The van der Waals surface area contributed by atoms with Gasteiger partial charge in [0, 0.05) is 35.9 Å². The summed E-state index contributed by atoms with van der Waals surface area (Å²) in [5.41, 5.74) is 4.55. The van der Waals surface area contributed by atoms with E-state index in [0.717, 1.165) is 22.5 Å². The fraction of sp³-hybridized carbons (Fsp3) is 0.0526. The molecule has 4 aromatic rings. The molecule has 0 aliphatic heterocycles. The Labute approximate surface area is 150 Å². The molecule has 0 unspecified atom stereocenters. The summed E-state index contributed by atoms with van der Waals surface area (Å²) in [4.78, 5) is 12.5. The molecule has 0 amide bonds. The fourth-order valence-electron chi connectivity index (χ4n) is 2.66. The van der Waals surface area contributed by atoms with Crippen LogP contribution >= 0.6 is 11.6 Å². The first-order valence-corrected chi connectivity index (χ1v) is 8.18. The van der Waals surface area contributed by atoms with Crippen LogP contribution in [-0.4, -0.2) is 24.7 Å². The molecular formula is C19H14ClN5. The van der Waals surface area contributed by atoms with Crippen molar-refractivity contribution in [1.82, 2.24) is 24.7 Å². The van der Waals surface area contributed by atoms with E-state index in [-0.39, 0.29) is 5.28 Å². The highest BCUT2D eigenvalue weighted by Crippen LogP contribution is 2.30. The molecule has 0 bridgehead atoms. The first-order chi connectivity index (χ1) is 12.3. The van der Waals surface area contributed by atoms with Crippen molar-refractivity contribution >= 4 is 11.6 Å². The van der Waals surface area contributed by atoms with Gasteiger partial charge in [0.05, 0.1) is 12.2 Å². The van der Waals surface area contributed by atoms with Gasteiger partial charge in [0.25, 0.3) is 0 Å². The van der Waals surface area contributed by atoms with E-state index in [1.54, 1.807) is 18.6 Å². The van der Waals surface area contributed by atoms with Crippen molar-refractivity contribution < 1.29 is 0 Å². The average molecular weight is 348 g/mol. The monoisotopic (exact) mass is 347 g/mol. The molecule has 3 heterocycles. The van der Waals surface area contributed by atoms with Crippen LogP contribution in [0, 0.1) is 0 Å². The number of nitrogens with zero attached hydrogens (tertiary/aromatic N) is 5. The average Bonchev–Trinajstić information content (AvgIpc) is 3.07. The summed E-state index contributed by atoms with van der Waals surface area (Å²) in [6.45, 7) is 0.674. The van der Waals surface area contributed by atoms with Gasteiger partial charge in [-0.3, -0.25) is 9.67 Å². The first kappa shape index (κ1) is 15.5. The Morgan fingerprint density at radius 2 is 1.84 bits per heavy atom. The standard InChI is InChI=1S/C19H14ClN5/c20-19-22-10-8-17(23-19)16-13-25(12-14-5-2-1-3-6-14)24-18(16)15-7-4-9-21-11-15/h1-11,13H,12H2. The number of aromatic nitrogens is 5. The van der Waals surface area contributed by atoms with Crippen molar-refractivity contribution in [3.8, 4) is 22.5 Å². The van der Waals surface area contributed by atoms with Gasteiger partial charge >= 0.3 is 0 Å². The normalized spacial score (nSPS) is 10.8. The Balaban J connectivity index is 1.81. The van der Waals surface area contributed by atoms with E-state index in [1.807, 2.05) is 47.3 Å². The molecule has 25 heavy (non-hydrogen) atoms. The van der Waals surface area contributed by atoms with Gasteiger partial charge in [0.15, 0.2) is 0 Å². The summed E-state index contributed by atoms with van der Waals surface area (Å²) in [5.74, 6) is 0. The zero-order valence-corrected chi connectivity index (χ0v) is 14.0. The largest absolute Gasteiger partial charge is 0.267 e. The Hall–Kier alpha value is -3.05. The molecule has 3 aromatic heterocycles. The Morgan fingerprint density at radius 3 is 2.60 bits per heavy atom. The van der Waals surface area contributed by atoms with E-state index in [2.05, 4.69) is 27.1 Å². The lowest BCUT2D eigenvalue weighted by Gasteiger charge is -2.01. The van der Waals surface area contributed by atoms with Crippen molar-refractivity contribution in [3.63, 3.8) is 0 Å². The van der Waals surface area contributed by atoms with Gasteiger partial charge in [-0.15, -0.1) is 0 Å². The molecule has 0 saturated carbocycles. The van der Waals surface area contributed by atoms with E-state index >= 15 is 0 Å². The number of hydrogen-bond acceptors (Lipinski definition) is 4. The summed E-state index contributed by atoms with van der Waals surface area (Å²) < 4.78 is 1.91. The second-order valence-electron chi connectivity index (χ2n) is 5.53. The van der Waals surface area contributed by atoms with Crippen LogP contribution in [0.1, 0.15) is 5.56 Å². The predicted octanol–water partition coefficient (Wildman–Crippen LogP) is 4.10. The van der Waals surface area contributed by atoms with E-state index in [0.29, 0.717) is 6.54 Å². The maximum absolute atomic E-state index is 5.97. The van der Waals surface area contributed by atoms with Crippen LogP contribution in [-0.2, 0) is 6.54 Å². The molecule has 5 nitrogen and oxygen atoms in total. The minimum atomic E-state index is 0.213. The highest BCUT2D eigenvalue weighted by atomic mass is 35.5. The molecule has 6 heteroatoms. The van der Waals surface area contributed by atoms with Gasteiger partial charge in [0.2, 0.25) is 5.28 Å². The number of halogens is 1. The van der Waals surface area contributed by atoms with Gasteiger partial charge in [-0.05, 0) is 35.4 Å². The van der Waals surface area contributed by atoms with Crippen molar-refractivity contribution in [3.05, 3.63) is 84.2 Å². The third kappa shape index (κ3) is 3.41. The van der Waals surface area contributed by atoms with Crippen LogP contribution in [0.15, 0.2) is 73.3 Å². The van der Waals surface area contributed by atoms with E-state index in [1.165, 1.54) is 5.56 Å². The van der Waals surface area contributed by atoms with E-state index in [4.69, 9.17) is 16.7 Å². The molecule has 0 atom stereocenters. The highest BCUT2D eigenvalue weighted by molar-refractivity contribution is 6.28. The maximum Gasteiger partial charge on any atom is 0.222 e. The molecule has 122 valence electrons. The van der Waals surface area contributed by atoms with Gasteiger partial charge in [-0.2, -0.15) is 5.10 Å². The molecule has 0 radical (unpaired) electrons. The topological polar surface area (TPSA) is 56.5 Å². The number of pyridine rings is 1. The minimum Gasteiger partial charge on any atom is -0.267 e. The van der Waals surface area contributed by atoms with Crippen LogP contribution < -0.4 is 0 Å². The molecule has 0 saturated heterocycles. The van der Waals surface area contributed by atoms with Crippen LogP contribution in [0.5, 0.6) is 0 Å². The molecule has 4 rings (SSSR count). The summed E-state index contributed by atoms with van der Waals surface area (Å²) in [6.07, 6.45) is 7.16. The molecule has 0 spiro atoms. The zero-order valence-electron chi connectivity index (χ0n) is 13.2. The molecule has 1 aromatic carbocycles. The van der Waals surface area contributed by atoms with Crippen molar-refractivity contribution in [2.45, 2.75) is 6.54 Å². The first-order valence-electron chi connectivity index (χ1n) is 7.80. The van der Waals surface area contributed by atoms with Gasteiger partial charge < -0.3 is 0 Å². The smallest absolute Gasteiger partial charge is 0.222 e. The molecule has 0 aliphatic rings. The van der Waals surface area contributed by atoms with E-state index < -0.39 is 0 Å². The quantitative estimate of drug-likeness (QED) is 0.521. The third-order valence-electron chi connectivity index (χ3n) is 3.79. The molecular weight excluding hydrogens is 334 g/mol. The van der Waals surface area contributed by atoms with E-state index in [9.17, 15) is 0 Å². The lowest BCUT2D eigenvalue weighted by Crippen LogP contribution is -2.00. The number of benzene rings is 1. The second-order valence-corrected chi connectivity index (χ2v) is 5.87. The zero-order chi connectivity index (χ0) is 17.1. The highest BCUT2D eigenvalue weighted by Gasteiger charge is 2.15. The Bertz CT molecular complexity index is 983. The van der Waals surface area contributed by atoms with Crippen LogP contribution in [0.2, 0.25) is 5.28 Å². The SMILES string of the molecule is Clc1nccc(-c2cn(Cc3ccccc3)nc2-c2cccnc2)n1. The van der Waals surface area contributed by atoms with Gasteiger partial charge in [-0.25, -0.2) is 9.97 Å². The minimum absolute atomic E-state index is 0.213. The van der Waals surface area contributed by atoms with Crippen LogP contribution in [0.4, 0.5) is 0 Å². The lowest BCUT2D eigenvalue weighted by molar-refractivity contribution is 0.689. The Kier molecular flexibility index (Phi) is 4.23. The second kappa shape index (κ2) is 6.83. The predicted molar refractivity (Wildman–Crippen MR) is 97.0 cm³/mol. The van der Waals surface area contributed by atoms with Gasteiger partial charge in [-0.1, -0.05) is 30.3 Å². The number of rotatable bonds is 4. The van der Waals surface area contributed by atoms with Crippen LogP contribution in [0.25, 0.3) is 22.5 Å². The third-order valence-corrected chi connectivity index (χ3v) is 3.97. The summed E-state index contributed by atoms with van der Waals surface area (Å²) >= 11 is 5.97. The summed E-state index contributed by atoms with van der Waals surface area (Å²) in [5, 5.41) is 4.97. The van der Waals surface area contributed by atoms with Crippen molar-refractivity contribution in [2.24, 2.45) is 0 Å². The number of hydrogen-bond donors (Lipinski definition) is 0. The molecule has 0 fully saturated rings. The fourth-order valence-corrected chi connectivity index (χ4v) is 2.81. The molecule has 0 N–H and O–H groups in total. The maximum atomic E-state index is 5.97.